The fourth-order valence-electron chi connectivity index (χ4n) is 2.08. The molecule has 0 fully saturated rings. The number of carbonyl (C=O) groups is 3. The summed E-state index contributed by atoms with van der Waals surface area (Å²) in [6, 6.07) is 1.29. The molecule has 0 aliphatic heterocycles. The molecular weight excluding hydrogens is 264 g/mol. The number of carboxylic acids is 1. The Balaban J connectivity index is 3.60. The van der Waals surface area contributed by atoms with E-state index in [1.54, 1.807) is 13.8 Å². The summed E-state index contributed by atoms with van der Waals surface area (Å²) in [5.74, 6) is -2.66. The summed E-state index contributed by atoms with van der Waals surface area (Å²) in [7, 11) is 0. The smallest absolute Gasteiger partial charge is 0.338 e. The molecule has 1 aromatic carbocycles. The van der Waals surface area contributed by atoms with Crippen molar-refractivity contribution in [2.45, 2.75) is 20.8 Å². The second-order valence-corrected chi connectivity index (χ2v) is 4.22. The first kappa shape index (κ1) is 15.8. The summed E-state index contributed by atoms with van der Waals surface area (Å²) in [5.41, 5.74) is 0.343. The number of aliphatic hydroxyl groups is 1. The number of aliphatic hydroxyl groups excluding tert-OH is 1. The van der Waals surface area contributed by atoms with Gasteiger partial charge in [0.05, 0.1) is 17.7 Å². The zero-order valence-electron chi connectivity index (χ0n) is 11.5. The topological polar surface area (TPSA) is 101 Å². The first-order valence-electron chi connectivity index (χ1n) is 6.03. The van der Waals surface area contributed by atoms with Crippen molar-refractivity contribution in [3.05, 3.63) is 33.9 Å². The van der Waals surface area contributed by atoms with E-state index < -0.39 is 24.3 Å². The van der Waals surface area contributed by atoms with E-state index in [2.05, 4.69) is 0 Å². The van der Waals surface area contributed by atoms with E-state index >= 15 is 0 Å². The number of hydrogen-bond acceptors (Lipinski definition) is 5. The summed E-state index contributed by atoms with van der Waals surface area (Å²) in [4.78, 5) is 34.8. The highest BCUT2D eigenvalue weighted by Crippen LogP contribution is 2.24. The Hall–Kier alpha value is -2.21. The third-order valence-corrected chi connectivity index (χ3v) is 2.91. The maximum atomic E-state index is 11.9. The number of carbonyl (C=O) groups excluding carboxylic acids is 2. The van der Waals surface area contributed by atoms with Crippen LogP contribution >= 0.6 is 0 Å². The molecule has 0 unspecified atom stereocenters. The zero-order chi connectivity index (χ0) is 15.4. The zero-order valence-corrected chi connectivity index (χ0v) is 11.5. The Labute approximate surface area is 116 Å². The van der Waals surface area contributed by atoms with Crippen LogP contribution in [0.4, 0.5) is 0 Å². The van der Waals surface area contributed by atoms with Gasteiger partial charge in [0.2, 0.25) is 0 Å². The number of aromatic carboxylic acids is 1. The molecule has 0 radical (unpaired) electrons. The van der Waals surface area contributed by atoms with E-state index in [1.807, 2.05) is 0 Å². The lowest BCUT2D eigenvalue weighted by Gasteiger charge is -2.14. The van der Waals surface area contributed by atoms with Gasteiger partial charge in [0, 0.05) is 5.56 Å². The van der Waals surface area contributed by atoms with Crippen LogP contribution in [0.3, 0.4) is 0 Å². The van der Waals surface area contributed by atoms with Gasteiger partial charge in [0.25, 0.3) is 0 Å². The minimum Gasteiger partial charge on any atom is -0.478 e. The van der Waals surface area contributed by atoms with E-state index in [1.165, 1.54) is 13.0 Å². The molecular formula is C14H16O6. The Morgan fingerprint density at radius 1 is 1.20 bits per heavy atom. The number of ether oxygens (including phenoxy) is 1. The number of benzene rings is 1. The third-order valence-electron chi connectivity index (χ3n) is 2.91. The van der Waals surface area contributed by atoms with Crippen molar-refractivity contribution in [2.75, 3.05) is 13.2 Å². The van der Waals surface area contributed by atoms with Gasteiger partial charge in [-0.2, -0.15) is 0 Å². The SMILES string of the molecule is CCOC(=O)c1c(C)cc(C(=O)CO)c(C(=O)O)c1C. The summed E-state index contributed by atoms with van der Waals surface area (Å²) < 4.78 is 4.88. The maximum Gasteiger partial charge on any atom is 0.338 e. The molecule has 20 heavy (non-hydrogen) atoms. The molecule has 108 valence electrons. The number of ketones is 1. The van der Waals surface area contributed by atoms with Crippen molar-refractivity contribution in [3.8, 4) is 0 Å². The molecule has 0 saturated heterocycles. The lowest BCUT2D eigenvalue weighted by atomic mass is 9.91. The molecule has 0 atom stereocenters. The van der Waals surface area contributed by atoms with Gasteiger partial charge in [-0.1, -0.05) is 0 Å². The molecule has 0 aliphatic rings. The van der Waals surface area contributed by atoms with Crippen LogP contribution in [0, 0.1) is 13.8 Å². The van der Waals surface area contributed by atoms with Crippen LogP contribution in [-0.2, 0) is 4.74 Å². The molecule has 0 spiro atoms. The van der Waals surface area contributed by atoms with Gasteiger partial charge in [-0.3, -0.25) is 4.79 Å². The highest BCUT2D eigenvalue weighted by Gasteiger charge is 2.25. The van der Waals surface area contributed by atoms with E-state index in [4.69, 9.17) is 9.84 Å². The number of rotatable bonds is 5. The largest absolute Gasteiger partial charge is 0.478 e. The molecule has 0 aliphatic carbocycles. The minimum absolute atomic E-state index is 0.108. The average molecular weight is 280 g/mol. The lowest BCUT2D eigenvalue weighted by molar-refractivity contribution is 0.0524. The second kappa shape index (κ2) is 6.29. The van der Waals surface area contributed by atoms with Gasteiger partial charge in [-0.15, -0.1) is 0 Å². The number of aryl methyl sites for hydroxylation is 1. The maximum absolute atomic E-state index is 11.9. The number of Topliss-reactive ketones (excluding diaryl/α,β-unsaturated/α-hetero) is 1. The third kappa shape index (κ3) is 2.85. The normalized spacial score (nSPS) is 10.2. The quantitative estimate of drug-likeness (QED) is 0.623. The lowest BCUT2D eigenvalue weighted by Crippen LogP contribution is -2.18. The Morgan fingerprint density at radius 3 is 2.25 bits per heavy atom. The number of esters is 1. The predicted octanol–water partition coefficient (Wildman–Crippen LogP) is 1.35. The van der Waals surface area contributed by atoms with Crippen molar-refractivity contribution in [1.29, 1.82) is 0 Å². The van der Waals surface area contributed by atoms with E-state index in [0.29, 0.717) is 5.56 Å². The highest BCUT2D eigenvalue weighted by molar-refractivity contribution is 6.09. The molecule has 0 amide bonds. The van der Waals surface area contributed by atoms with E-state index in [9.17, 15) is 19.5 Å². The van der Waals surface area contributed by atoms with Gasteiger partial charge in [0.1, 0.15) is 6.61 Å². The van der Waals surface area contributed by atoms with Crippen molar-refractivity contribution in [1.82, 2.24) is 0 Å². The molecule has 1 aromatic rings. The van der Waals surface area contributed by atoms with Gasteiger partial charge < -0.3 is 14.9 Å². The summed E-state index contributed by atoms with van der Waals surface area (Å²) >= 11 is 0. The van der Waals surface area contributed by atoms with E-state index in [0.717, 1.165) is 0 Å². The van der Waals surface area contributed by atoms with Crippen LogP contribution < -0.4 is 0 Å². The molecule has 6 heteroatoms. The van der Waals surface area contributed by atoms with Crippen LogP contribution in [0.15, 0.2) is 6.07 Å². The molecule has 0 saturated carbocycles. The average Bonchev–Trinajstić information content (AvgIpc) is 2.36. The number of carboxylic acid groups (broad SMARTS) is 1. The molecule has 2 N–H and O–H groups in total. The Bertz CT molecular complexity index is 574. The fraction of sp³-hybridized carbons (Fsp3) is 0.357. The van der Waals surface area contributed by atoms with Crippen LogP contribution in [-0.4, -0.2) is 41.1 Å². The van der Waals surface area contributed by atoms with Crippen LogP contribution in [0.1, 0.15) is 49.1 Å². The first-order valence-corrected chi connectivity index (χ1v) is 6.03. The first-order chi connectivity index (χ1) is 9.34. The monoisotopic (exact) mass is 280 g/mol. The summed E-state index contributed by atoms with van der Waals surface area (Å²) in [6.45, 7) is 4.04. The van der Waals surface area contributed by atoms with Gasteiger partial charge in [0.15, 0.2) is 5.78 Å². The molecule has 0 aromatic heterocycles. The van der Waals surface area contributed by atoms with Crippen LogP contribution in [0.5, 0.6) is 0 Å². The molecule has 1 rings (SSSR count). The van der Waals surface area contributed by atoms with Crippen molar-refractivity contribution >= 4 is 17.7 Å². The van der Waals surface area contributed by atoms with Crippen LogP contribution in [0.25, 0.3) is 0 Å². The molecule has 0 bridgehead atoms. The number of hydrogen-bond donors (Lipinski definition) is 2. The van der Waals surface area contributed by atoms with Gasteiger partial charge in [-0.05, 0) is 38.0 Å². The standard InChI is InChI=1S/C14H16O6/c1-4-20-14(19)11-7(2)5-9(10(16)6-15)12(8(11)3)13(17)18/h5,15H,4,6H2,1-3H3,(H,17,18). The van der Waals surface area contributed by atoms with Gasteiger partial charge in [-0.25, -0.2) is 9.59 Å². The molecule has 0 heterocycles. The van der Waals surface area contributed by atoms with Gasteiger partial charge >= 0.3 is 11.9 Å². The molecule has 6 nitrogen and oxygen atoms in total. The predicted molar refractivity (Wildman–Crippen MR) is 70.2 cm³/mol. The van der Waals surface area contributed by atoms with Crippen molar-refractivity contribution in [2.24, 2.45) is 0 Å². The summed E-state index contributed by atoms with van der Waals surface area (Å²) in [6.07, 6.45) is 0. The summed E-state index contributed by atoms with van der Waals surface area (Å²) in [5, 5.41) is 18.1. The Morgan fingerprint density at radius 2 is 1.80 bits per heavy atom. The van der Waals surface area contributed by atoms with E-state index in [-0.39, 0.29) is 28.9 Å². The fourth-order valence-corrected chi connectivity index (χ4v) is 2.08. The van der Waals surface area contributed by atoms with Crippen molar-refractivity contribution in [3.63, 3.8) is 0 Å². The Kier molecular flexibility index (Phi) is 4.99. The van der Waals surface area contributed by atoms with Crippen molar-refractivity contribution < 1.29 is 29.3 Å². The minimum atomic E-state index is -1.33. The second-order valence-electron chi connectivity index (χ2n) is 4.22. The van der Waals surface area contributed by atoms with Crippen LogP contribution in [0.2, 0.25) is 0 Å². The highest BCUT2D eigenvalue weighted by atomic mass is 16.5.